The van der Waals surface area contributed by atoms with Gasteiger partial charge in [-0.25, -0.2) is 19.2 Å². The normalized spacial score (nSPS) is 31.9. The molecule has 27 heavy (non-hydrogen) atoms. The molecule has 8 heteroatoms. The molecule has 3 heterocycles. The molecule has 1 saturated carbocycles. The van der Waals surface area contributed by atoms with Crippen LogP contribution >= 0.6 is 0 Å². The fourth-order valence-corrected chi connectivity index (χ4v) is 4.70. The third kappa shape index (κ3) is 3.10. The highest BCUT2D eigenvalue weighted by Gasteiger charge is 2.42. The quantitative estimate of drug-likeness (QED) is 0.750. The lowest BCUT2D eigenvalue weighted by atomic mass is 9.82. The summed E-state index contributed by atoms with van der Waals surface area (Å²) in [6.45, 7) is 2.39. The molecule has 1 aromatic carbocycles. The Hall–Kier alpha value is -1.74. The number of fused-ring (bicyclic) bond motifs is 4. The first kappa shape index (κ1) is 17.4. The van der Waals surface area contributed by atoms with E-state index in [1.807, 2.05) is 0 Å². The van der Waals surface area contributed by atoms with Gasteiger partial charge in [-0.15, -0.1) is 0 Å². The maximum absolute atomic E-state index is 14.7. The number of hydrazine groups is 1. The fourth-order valence-electron chi connectivity index (χ4n) is 4.70. The minimum atomic E-state index is -0.666. The zero-order valence-electron chi connectivity index (χ0n) is 15.0. The minimum Gasteiger partial charge on any atom is -0.484 e. The van der Waals surface area contributed by atoms with Crippen LogP contribution in [0, 0.1) is 17.6 Å². The number of halogens is 2. The molecule has 0 bridgehead atoms. The standard InChI is InChI=1S/C19H24F2N4O2/c20-14-9-15-12(4-5-22-15)17(21)18(14)27-11-2-3-16-13(8-11)19-23-10-24-25(19)6-1-7-26-16/h4-5,9,11,13,16,19,22-24H,1-3,6-8,10H2. The van der Waals surface area contributed by atoms with Crippen LogP contribution in [0.25, 0.3) is 10.9 Å². The van der Waals surface area contributed by atoms with E-state index in [4.69, 9.17) is 9.47 Å². The van der Waals surface area contributed by atoms with E-state index < -0.39 is 11.6 Å². The number of H-pyrrole nitrogens is 1. The molecule has 4 atom stereocenters. The number of aromatic nitrogens is 1. The Morgan fingerprint density at radius 2 is 2.19 bits per heavy atom. The molecule has 1 aromatic heterocycles. The maximum Gasteiger partial charge on any atom is 0.191 e. The molecule has 0 spiro atoms. The second-order valence-electron chi connectivity index (χ2n) is 7.60. The van der Waals surface area contributed by atoms with E-state index in [0.717, 1.165) is 39.1 Å². The zero-order valence-corrected chi connectivity index (χ0v) is 15.0. The van der Waals surface area contributed by atoms with Crippen molar-refractivity contribution in [3.8, 4) is 5.75 Å². The van der Waals surface area contributed by atoms with E-state index in [1.165, 1.54) is 6.07 Å². The fraction of sp³-hybridized carbons (Fsp3) is 0.579. The van der Waals surface area contributed by atoms with Crippen LogP contribution in [0.15, 0.2) is 18.3 Å². The van der Waals surface area contributed by atoms with Crippen molar-refractivity contribution in [2.45, 2.75) is 44.1 Å². The second kappa shape index (κ2) is 7.01. The average Bonchev–Trinajstić information content (AvgIpc) is 3.30. The van der Waals surface area contributed by atoms with Crippen molar-refractivity contribution in [3.63, 3.8) is 0 Å². The maximum atomic E-state index is 14.7. The lowest BCUT2D eigenvalue weighted by Gasteiger charge is -2.42. The predicted octanol–water partition coefficient (Wildman–Crippen LogP) is 2.48. The summed E-state index contributed by atoms with van der Waals surface area (Å²) in [6.07, 6.45) is 4.91. The van der Waals surface area contributed by atoms with Gasteiger partial charge in [0.05, 0.1) is 30.6 Å². The Morgan fingerprint density at radius 1 is 1.26 bits per heavy atom. The van der Waals surface area contributed by atoms with Crippen molar-refractivity contribution in [2.24, 2.45) is 5.92 Å². The summed E-state index contributed by atoms with van der Waals surface area (Å²) in [5.41, 5.74) is 3.80. The highest BCUT2D eigenvalue weighted by Crippen LogP contribution is 2.37. The number of aromatic amines is 1. The molecule has 2 saturated heterocycles. The number of hydrogen-bond acceptors (Lipinski definition) is 5. The second-order valence-corrected chi connectivity index (χ2v) is 7.60. The van der Waals surface area contributed by atoms with Crippen LogP contribution in [-0.4, -0.2) is 48.2 Å². The molecule has 1 aliphatic carbocycles. The topological polar surface area (TPSA) is 61.6 Å². The predicted molar refractivity (Wildman–Crippen MR) is 96.0 cm³/mol. The van der Waals surface area contributed by atoms with Gasteiger partial charge in [0.2, 0.25) is 0 Å². The van der Waals surface area contributed by atoms with Gasteiger partial charge >= 0.3 is 0 Å². The summed E-state index contributed by atoms with van der Waals surface area (Å²) in [6, 6.07) is 2.89. The molecule has 2 aromatic rings. The molecule has 146 valence electrons. The first-order valence-electron chi connectivity index (χ1n) is 9.67. The van der Waals surface area contributed by atoms with Gasteiger partial charge in [-0.1, -0.05) is 0 Å². The Morgan fingerprint density at radius 3 is 3.11 bits per heavy atom. The Bertz CT molecular complexity index is 829. The van der Waals surface area contributed by atoms with E-state index in [9.17, 15) is 8.78 Å². The van der Waals surface area contributed by atoms with E-state index in [1.54, 1.807) is 12.3 Å². The summed E-state index contributed by atoms with van der Waals surface area (Å²) >= 11 is 0. The van der Waals surface area contributed by atoms with Crippen molar-refractivity contribution in [2.75, 3.05) is 19.8 Å². The van der Waals surface area contributed by atoms with E-state index in [2.05, 4.69) is 20.7 Å². The van der Waals surface area contributed by atoms with Gasteiger partial charge in [0, 0.05) is 36.7 Å². The number of hydrogen-bond donors (Lipinski definition) is 3. The highest BCUT2D eigenvalue weighted by molar-refractivity contribution is 5.81. The van der Waals surface area contributed by atoms with E-state index in [-0.39, 0.29) is 30.0 Å². The van der Waals surface area contributed by atoms with Crippen LogP contribution in [-0.2, 0) is 4.74 Å². The average molecular weight is 378 g/mol. The molecule has 0 amide bonds. The van der Waals surface area contributed by atoms with Gasteiger partial charge in [-0.05, 0) is 31.7 Å². The number of nitrogens with zero attached hydrogens (tertiary/aromatic N) is 1. The SMILES string of the molecule is Fc1cc2[nH]ccc2c(F)c1OC1CCC2OCCCN3NCNC3C2C1. The summed E-state index contributed by atoms with van der Waals surface area (Å²) in [5.74, 6) is -1.36. The van der Waals surface area contributed by atoms with Gasteiger partial charge in [0.15, 0.2) is 17.4 Å². The molecule has 5 rings (SSSR count). The molecular formula is C19H24F2N4O2. The number of ether oxygens (including phenoxy) is 2. The number of benzene rings is 1. The molecule has 4 unspecified atom stereocenters. The molecular weight excluding hydrogens is 354 g/mol. The number of rotatable bonds is 2. The molecule has 3 aliphatic rings. The lowest BCUT2D eigenvalue weighted by Crippen LogP contribution is -2.54. The lowest BCUT2D eigenvalue weighted by molar-refractivity contribution is -0.0862. The van der Waals surface area contributed by atoms with Gasteiger partial charge in [0.25, 0.3) is 0 Å². The Labute approximate surface area is 156 Å². The minimum absolute atomic E-state index is 0.145. The third-order valence-electron chi connectivity index (χ3n) is 5.98. The molecule has 3 fully saturated rings. The van der Waals surface area contributed by atoms with Crippen LogP contribution in [0.3, 0.4) is 0 Å². The van der Waals surface area contributed by atoms with Crippen molar-refractivity contribution in [3.05, 3.63) is 30.0 Å². The van der Waals surface area contributed by atoms with Crippen molar-refractivity contribution >= 4 is 10.9 Å². The summed E-state index contributed by atoms with van der Waals surface area (Å²) < 4.78 is 41.1. The van der Waals surface area contributed by atoms with Crippen LogP contribution < -0.4 is 15.5 Å². The molecule has 2 aliphatic heterocycles. The van der Waals surface area contributed by atoms with Crippen LogP contribution in [0.5, 0.6) is 5.75 Å². The molecule has 0 radical (unpaired) electrons. The highest BCUT2D eigenvalue weighted by atomic mass is 19.1. The van der Waals surface area contributed by atoms with Crippen LogP contribution in [0.2, 0.25) is 0 Å². The number of nitrogens with one attached hydrogen (secondary N) is 3. The first-order chi connectivity index (χ1) is 13.2. The van der Waals surface area contributed by atoms with Crippen molar-refractivity contribution in [1.29, 1.82) is 0 Å². The van der Waals surface area contributed by atoms with Crippen molar-refractivity contribution in [1.82, 2.24) is 20.7 Å². The van der Waals surface area contributed by atoms with E-state index in [0.29, 0.717) is 17.3 Å². The van der Waals surface area contributed by atoms with Crippen LogP contribution in [0.4, 0.5) is 8.78 Å². The first-order valence-corrected chi connectivity index (χ1v) is 9.67. The van der Waals surface area contributed by atoms with E-state index >= 15 is 0 Å². The molecule has 6 nitrogen and oxygen atoms in total. The Kier molecular flexibility index (Phi) is 4.51. The van der Waals surface area contributed by atoms with Gasteiger partial charge in [-0.2, -0.15) is 0 Å². The van der Waals surface area contributed by atoms with Crippen LogP contribution in [0.1, 0.15) is 25.7 Å². The Balaban J connectivity index is 1.38. The third-order valence-corrected chi connectivity index (χ3v) is 5.98. The summed E-state index contributed by atoms with van der Waals surface area (Å²) in [7, 11) is 0. The summed E-state index contributed by atoms with van der Waals surface area (Å²) in [4.78, 5) is 2.83. The monoisotopic (exact) mass is 378 g/mol. The van der Waals surface area contributed by atoms with Gasteiger partial charge in [-0.3, -0.25) is 5.32 Å². The van der Waals surface area contributed by atoms with Crippen molar-refractivity contribution < 1.29 is 18.3 Å². The van der Waals surface area contributed by atoms with Gasteiger partial charge < -0.3 is 14.5 Å². The smallest absolute Gasteiger partial charge is 0.191 e. The molecule has 3 N–H and O–H groups in total. The largest absolute Gasteiger partial charge is 0.484 e. The van der Waals surface area contributed by atoms with Gasteiger partial charge in [0.1, 0.15) is 0 Å². The zero-order chi connectivity index (χ0) is 18.4. The summed E-state index contributed by atoms with van der Waals surface area (Å²) in [5, 5.41) is 6.06.